The lowest BCUT2D eigenvalue weighted by atomic mass is 10.2. The molecule has 110 valence electrons. The summed E-state index contributed by atoms with van der Waals surface area (Å²) in [6.45, 7) is 7.84. The van der Waals surface area contributed by atoms with E-state index in [4.69, 9.17) is 4.74 Å². The van der Waals surface area contributed by atoms with Gasteiger partial charge in [0.25, 0.3) is 0 Å². The van der Waals surface area contributed by atoms with Gasteiger partial charge in [0.2, 0.25) is 0 Å². The van der Waals surface area contributed by atoms with Crippen LogP contribution in [0.1, 0.15) is 17.3 Å². The molecule has 20 heavy (non-hydrogen) atoms. The zero-order valence-electron chi connectivity index (χ0n) is 11.8. The zero-order valence-corrected chi connectivity index (χ0v) is 11.8. The monoisotopic (exact) mass is 279 g/mol. The second kappa shape index (κ2) is 7.21. The number of morpholine rings is 1. The van der Waals surface area contributed by atoms with Gasteiger partial charge in [-0.2, -0.15) is 0 Å². The smallest absolute Gasteiger partial charge is 0.339 e. The maximum atomic E-state index is 11.3. The Hall–Kier alpha value is -1.66. The Morgan fingerprint density at radius 3 is 2.90 bits per heavy atom. The molecule has 1 aromatic heterocycles. The van der Waals surface area contributed by atoms with Gasteiger partial charge in [-0.25, -0.2) is 9.78 Å². The van der Waals surface area contributed by atoms with E-state index in [1.165, 1.54) is 0 Å². The van der Waals surface area contributed by atoms with Crippen LogP contribution in [0.25, 0.3) is 0 Å². The summed E-state index contributed by atoms with van der Waals surface area (Å²) >= 11 is 0. The third-order valence-electron chi connectivity index (χ3n) is 3.49. The quantitative estimate of drug-likeness (QED) is 0.836. The minimum atomic E-state index is -0.932. The van der Waals surface area contributed by atoms with Crippen LogP contribution >= 0.6 is 0 Å². The molecule has 0 atom stereocenters. The van der Waals surface area contributed by atoms with E-state index in [1.54, 1.807) is 18.3 Å². The number of likely N-dealkylation sites (N-methyl/N-ethyl adjacent to an activating group) is 1. The van der Waals surface area contributed by atoms with Crippen molar-refractivity contribution in [2.45, 2.75) is 6.92 Å². The Kier molecular flexibility index (Phi) is 5.31. The highest BCUT2D eigenvalue weighted by molar-refractivity contribution is 5.93. The topological polar surface area (TPSA) is 65.9 Å². The van der Waals surface area contributed by atoms with Gasteiger partial charge in [-0.1, -0.05) is 0 Å². The number of carboxylic acids is 1. The summed E-state index contributed by atoms with van der Waals surface area (Å²) in [5, 5.41) is 9.23. The number of aromatic nitrogens is 1. The molecule has 1 fully saturated rings. The molecule has 0 aromatic carbocycles. The number of carbonyl (C=O) groups is 1. The first kappa shape index (κ1) is 14.7. The van der Waals surface area contributed by atoms with Gasteiger partial charge in [-0.15, -0.1) is 0 Å². The Morgan fingerprint density at radius 2 is 2.25 bits per heavy atom. The number of ether oxygens (including phenoxy) is 1. The molecule has 0 radical (unpaired) electrons. The fourth-order valence-corrected chi connectivity index (χ4v) is 2.32. The van der Waals surface area contributed by atoms with E-state index in [0.29, 0.717) is 5.82 Å². The highest BCUT2D eigenvalue weighted by Crippen LogP contribution is 2.17. The van der Waals surface area contributed by atoms with E-state index in [0.717, 1.165) is 45.9 Å². The number of anilines is 1. The third-order valence-corrected chi connectivity index (χ3v) is 3.49. The predicted molar refractivity (Wildman–Crippen MR) is 76.3 cm³/mol. The molecule has 0 unspecified atom stereocenters. The molecule has 0 amide bonds. The predicted octanol–water partition coefficient (Wildman–Crippen LogP) is 0.938. The summed E-state index contributed by atoms with van der Waals surface area (Å²) in [5.74, 6) is -0.381. The van der Waals surface area contributed by atoms with Crippen molar-refractivity contribution in [2.24, 2.45) is 0 Å². The second-order valence-corrected chi connectivity index (χ2v) is 4.71. The number of nitrogens with zero attached hydrogens (tertiary/aromatic N) is 3. The number of rotatable bonds is 6. The van der Waals surface area contributed by atoms with Crippen molar-refractivity contribution in [3.8, 4) is 0 Å². The molecule has 0 bridgehead atoms. The van der Waals surface area contributed by atoms with E-state index in [-0.39, 0.29) is 5.56 Å². The molecule has 1 aliphatic rings. The maximum absolute atomic E-state index is 11.3. The highest BCUT2D eigenvalue weighted by Gasteiger charge is 2.17. The van der Waals surface area contributed by atoms with Crippen molar-refractivity contribution in [2.75, 3.05) is 50.8 Å². The fraction of sp³-hybridized carbons (Fsp3) is 0.571. The van der Waals surface area contributed by atoms with Crippen LogP contribution in [0.5, 0.6) is 0 Å². The lowest BCUT2D eigenvalue weighted by molar-refractivity contribution is 0.0392. The van der Waals surface area contributed by atoms with E-state index < -0.39 is 5.97 Å². The third kappa shape index (κ3) is 3.68. The van der Waals surface area contributed by atoms with Crippen LogP contribution in [0.15, 0.2) is 18.3 Å². The number of hydrogen-bond acceptors (Lipinski definition) is 5. The minimum absolute atomic E-state index is 0.260. The maximum Gasteiger partial charge on any atom is 0.339 e. The molecule has 1 aromatic rings. The van der Waals surface area contributed by atoms with Crippen molar-refractivity contribution < 1.29 is 14.6 Å². The summed E-state index contributed by atoms with van der Waals surface area (Å²) in [4.78, 5) is 19.8. The molecule has 6 nitrogen and oxygen atoms in total. The number of aromatic carboxylic acids is 1. The van der Waals surface area contributed by atoms with Crippen LogP contribution in [0.2, 0.25) is 0 Å². The first-order valence-corrected chi connectivity index (χ1v) is 6.95. The summed E-state index contributed by atoms with van der Waals surface area (Å²) in [5.41, 5.74) is 0.260. The van der Waals surface area contributed by atoms with Gasteiger partial charge >= 0.3 is 5.97 Å². The van der Waals surface area contributed by atoms with Crippen molar-refractivity contribution >= 4 is 11.8 Å². The molecule has 0 aliphatic carbocycles. The molecule has 1 aliphatic heterocycles. The lowest BCUT2D eigenvalue weighted by Gasteiger charge is -2.30. The highest BCUT2D eigenvalue weighted by atomic mass is 16.5. The molecule has 0 spiro atoms. The minimum Gasteiger partial charge on any atom is -0.478 e. The van der Waals surface area contributed by atoms with Gasteiger partial charge in [0.05, 0.1) is 13.2 Å². The molecule has 6 heteroatoms. The lowest BCUT2D eigenvalue weighted by Crippen LogP contribution is -2.42. The zero-order chi connectivity index (χ0) is 14.4. The van der Waals surface area contributed by atoms with Crippen LogP contribution < -0.4 is 4.90 Å². The van der Waals surface area contributed by atoms with Crippen LogP contribution in [-0.4, -0.2) is 66.9 Å². The molecule has 1 N–H and O–H groups in total. The molecule has 0 saturated carbocycles. The summed E-state index contributed by atoms with van der Waals surface area (Å²) in [6, 6.07) is 3.25. The molecule has 2 heterocycles. The normalized spacial score (nSPS) is 16.1. The van der Waals surface area contributed by atoms with Gasteiger partial charge in [-0.3, -0.25) is 4.90 Å². The molecular weight excluding hydrogens is 258 g/mol. The van der Waals surface area contributed by atoms with Crippen LogP contribution in [-0.2, 0) is 4.74 Å². The van der Waals surface area contributed by atoms with E-state index in [9.17, 15) is 9.90 Å². The van der Waals surface area contributed by atoms with Crippen molar-refractivity contribution in [3.05, 3.63) is 23.9 Å². The van der Waals surface area contributed by atoms with Gasteiger partial charge in [0.1, 0.15) is 11.4 Å². The molecule has 1 saturated heterocycles. The fourth-order valence-electron chi connectivity index (χ4n) is 2.32. The van der Waals surface area contributed by atoms with Crippen LogP contribution in [0, 0.1) is 0 Å². The van der Waals surface area contributed by atoms with Crippen molar-refractivity contribution in [3.63, 3.8) is 0 Å². The van der Waals surface area contributed by atoms with Gasteiger partial charge in [-0.05, 0) is 19.1 Å². The van der Waals surface area contributed by atoms with E-state index >= 15 is 0 Å². The van der Waals surface area contributed by atoms with Gasteiger partial charge in [0, 0.05) is 38.9 Å². The average Bonchev–Trinajstić information content (AvgIpc) is 2.49. The average molecular weight is 279 g/mol. The Morgan fingerprint density at radius 1 is 1.50 bits per heavy atom. The Bertz CT molecular complexity index is 447. The summed E-state index contributed by atoms with van der Waals surface area (Å²) in [6.07, 6.45) is 1.64. The number of pyridine rings is 1. The van der Waals surface area contributed by atoms with Crippen LogP contribution in [0.4, 0.5) is 5.82 Å². The first-order chi connectivity index (χ1) is 9.72. The summed E-state index contributed by atoms with van der Waals surface area (Å²) < 4.78 is 5.32. The van der Waals surface area contributed by atoms with Gasteiger partial charge in [0.15, 0.2) is 0 Å². The number of carboxylic acid groups (broad SMARTS) is 1. The second-order valence-electron chi connectivity index (χ2n) is 4.71. The van der Waals surface area contributed by atoms with Gasteiger partial charge < -0.3 is 14.7 Å². The van der Waals surface area contributed by atoms with Crippen molar-refractivity contribution in [1.29, 1.82) is 0 Å². The summed E-state index contributed by atoms with van der Waals surface area (Å²) in [7, 11) is 0. The molecular formula is C14H21N3O3. The Labute approximate surface area is 119 Å². The largest absolute Gasteiger partial charge is 0.478 e. The first-order valence-electron chi connectivity index (χ1n) is 6.95. The standard InChI is InChI=1S/C14H21N3O3/c1-2-17(7-6-16-8-10-20-11-9-16)13-12(14(18)19)4-3-5-15-13/h3-5H,2,6-11H2,1H3,(H,18,19). The molecule has 2 rings (SSSR count). The SMILES string of the molecule is CCN(CCN1CCOCC1)c1ncccc1C(=O)O. The van der Waals surface area contributed by atoms with Crippen LogP contribution in [0.3, 0.4) is 0 Å². The van der Waals surface area contributed by atoms with E-state index in [1.807, 2.05) is 11.8 Å². The van der Waals surface area contributed by atoms with E-state index in [2.05, 4.69) is 9.88 Å². The Balaban J connectivity index is 2.02. The number of hydrogen-bond donors (Lipinski definition) is 1. The van der Waals surface area contributed by atoms with Crippen molar-refractivity contribution in [1.82, 2.24) is 9.88 Å².